The van der Waals surface area contributed by atoms with Crippen LogP contribution in [0.5, 0.6) is 0 Å². The molecule has 14 heavy (non-hydrogen) atoms. The third kappa shape index (κ3) is 3.09. The van der Waals surface area contributed by atoms with Gasteiger partial charge in [-0.1, -0.05) is 13.0 Å². The second kappa shape index (κ2) is 5.73. The summed E-state index contributed by atoms with van der Waals surface area (Å²) >= 11 is 0. The van der Waals surface area contributed by atoms with E-state index in [-0.39, 0.29) is 12.1 Å². The summed E-state index contributed by atoms with van der Waals surface area (Å²) in [6, 6.07) is 5.90. The SMILES string of the molecule is CC[C@@H](OC)[C@H](N)Cc1ccccn1. The van der Waals surface area contributed by atoms with Crippen molar-refractivity contribution in [1.82, 2.24) is 4.98 Å². The van der Waals surface area contributed by atoms with Crippen molar-refractivity contribution in [2.45, 2.75) is 31.9 Å². The monoisotopic (exact) mass is 194 g/mol. The minimum Gasteiger partial charge on any atom is -0.380 e. The van der Waals surface area contributed by atoms with Gasteiger partial charge in [0.2, 0.25) is 0 Å². The molecule has 2 atom stereocenters. The Kier molecular flexibility index (Phi) is 4.56. The molecule has 1 heterocycles. The van der Waals surface area contributed by atoms with Crippen molar-refractivity contribution in [2.75, 3.05) is 7.11 Å². The Bertz CT molecular complexity index is 247. The van der Waals surface area contributed by atoms with E-state index in [0.717, 1.165) is 18.5 Å². The predicted octanol–water partition coefficient (Wildman–Crippen LogP) is 1.38. The molecule has 0 amide bonds. The molecule has 3 heteroatoms. The summed E-state index contributed by atoms with van der Waals surface area (Å²) in [5.41, 5.74) is 7.03. The van der Waals surface area contributed by atoms with Crippen LogP contribution in [0, 0.1) is 0 Å². The highest BCUT2D eigenvalue weighted by Gasteiger charge is 2.15. The van der Waals surface area contributed by atoms with Crippen LogP contribution in [0.2, 0.25) is 0 Å². The molecule has 3 nitrogen and oxygen atoms in total. The van der Waals surface area contributed by atoms with Gasteiger partial charge in [0, 0.05) is 31.5 Å². The van der Waals surface area contributed by atoms with E-state index in [1.165, 1.54) is 0 Å². The van der Waals surface area contributed by atoms with Crippen molar-refractivity contribution in [2.24, 2.45) is 5.73 Å². The Morgan fingerprint density at radius 1 is 1.50 bits per heavy atom. The van der Waals surface area contributed by atoms with Crippen LogP contribution in [0.15, 0.2) is 24.4 Å². The van der Waals surface area contributed by atoms with Gasteiger partial charge >= 0.3 is 0 Å². The summed E-state index contributed by atoms with van der Waals surface area (Å²) in [6.07, 6.45) is 3.62. The van der Waals surface area contributed by atoms with E-state index < -0.39 is 0 Å². The number of aromatic nitrogens is 1. The summed E-state index contributed by atoms with van der Waals surface area (Å²) in [6.45, 7) is 2.08. The molecule has 1 rings (SSSR count). The highest BCUT2D eigenvalue weighted by Crippen LogP contribution is 2.06. The third-order valence-electron chi connectivity index (χ3n) is 2.35. The summed E-state index contributed by atoms with van der Waals surface area (Å²) in [7, 11) is 1.70. The van der Waals surface area contributed by atoms with Crippen LogP contribution < -0.4 is 5.73 Å². The van der Waals surface area contributed by atoms with Crippen molar-refractivity contribution in [3.05, 3.63) is 30.1 Å². The summed E-state index contributed by atoms with van der Waals surface area (Å²) in [5, 5.41) is 0. The fraction of sp³-hybridized carbons (Fsp3) is 0.545. The van der Waals surface area contributed by atoms with Gasteiger partial charge in [0.1, 0.15) is 0 Å². The number of ether oxygens (including phenoxy) is 1. The van der Waals surface area contributed by atoms with Crippen molar-refractivity contribution in [3.8, 4) is 0 Å². The highest BCUT2D eigenvalue weighted by molar-refractivity contribution is 5.05. The van der Waals surface area contributed by atoms with E-state index in [1.807, 2.05) is 18.2 Å². The van der Waals surface area contributed by atoms with Crippen molar-refractivity contribution in [3.63, 3.8) is 0 Å². The van der Waals surface area contributed by atoms with Crippen molar-refractivity contribution < 1.29 is 4.74 Å². The first kappa shape index (κ1) is 11.1. The Balaban J connectivity index is 2.52. The minimum atomic E-state index is 0.0277. The van der Waals surface area contributed by atoms with E-state index in [0.29, 0.717) is 0 Å². The molecule has 78 valence electrons. The van der Waals surface area contributed by atoms with Gasteiger partial charge in [0.25, 0.3) is 0 Å². The number of hydrogen-bond acceptors (Lipinski definition) is 3. The van der Waals surface area contributed by atoms with Gasteiger partial charge in [-0.3, -0.25) is 4.98 Å². The largest absolute Gasteiger partial charge is 0.380 e. The third-order valence-corrected chi connectivity index (χ3v) is 2.35. The number of nitrogens with two attached hydrogens (primary N) is 1. The lowest BCUT2D eigenvalue weighted by atomic mass is 10.0. The van der Waals surface area contributed by atoms with Gasteiger partial charge in [0.05, 0.1) is 6.10 Å². The van der Waals surface area contributed by atoms with E-state index >= 15 is 0 Å². The minimum absolute atomic E-state index is 0.0277. The Labute approximate surface area is 85.3 Å². The highest BCUT2D eigenvalue weighted by atomic mass is 16.5. The molecule has 0 aliphatic rings. The van der Waals surface area contributed by atoms with Crippen LogP contribution in [-0.4, -0.2) is 24.2 Å². The van der Waals surface area contributed by atoms with Crippen LogP contribution in [0.25, 0.3) is 0 Å². The van der Waals surface area contributed by atoms with Crippen LogP contribution in [-0.2, 0) is 11.2 Å². The summed E-state index contributed by atoms with van der Waals surface area (Å²) in [4.78, 5) is 4.23. The number of rotatable bonds is 5. The molecular weight excluding hydrogens is 176 g/mol. The molecule has 0 aliphatic carbocycles. The van der Waals surface area contributed by atoms with Crippen LogP contribution >= 0.6 is 0 Å². The van der Waals surface area contributed by atoms with Gasteiger partial charge in [0.15, 0.2) is 0 Å². The smallest absolute Gasteiger partial charge is 0.0723 e. The Hall–Kier alpha value is -0.930. The van der Waals surface area contributed by atoms with Gasteiger partial charge in [-0.2, -0.15) is 0 Å². The molecule has 0 bridgehead atoms. The Morgan fingerprint density at radius 3 is 2.79 bits per heavy atom. The molecule has 0 aromatic carbocycles. The zero-order chi connectivity index (χ0) is 10.4. The van der Waals surface area contributed by atoms with Crippen LogP contribution in [0.4, 0.5) is 0 Å². The Morgan fingerprint density at radius 2 is 2.29 bits per heavy atom. The zero-order valence-electron chi connectivity index (χ0n) is 8.81. The molecule has 0 spiro atoms. The molecule has 0 aliphatic heterocycles. The first-order chi connectivity index (χ1) is 6.77. The zero-order valence-corrected chi connectivity index (χ0v) is 8.81. The maximum Gasteiger partial charge on any atom is 0.0723 e. The van der Waals surface area contributed by atoms with E-state index in [9.17, 15) is 0 Å². The molecular formula is C11H18N2O. The second-order valence-corrected chi connectivity index (χ2v) is 3.37. The van der Waals surface area contributed by atoms with Gasteiger partial charge in [-0.25, -0.2) is 0 Å². The van der Waals surface area contributed by atoms with Gasteiger partial charge in [-0.05, 0) is 18.6 Å². The normalized spacial score (nSPS) is 15.1. The first-order valence-electron chi connectivity index (χ1n) is 4.96. The average molecular weight is 194 g/mol. The standard InChI is InChI=1S/C11H18N2O/c1-3-11(14-2)10(12)8-9-6-4-5-7-13-9/h4-7,10-11H,3,8,12H2,1-2H3/t10-,11-/m1/s1. The fourth-order valence-electron chi connectivity index (χ4n) is 1.54. The van der Waals surface area contributed by atoms with Crippen LogP contribution in [0.3, 0.4) is 0 Å². The topological polar surface area (TPSA) is 48.1 Å². The lowest BCUT2D eigenvalue weighted by Gasteiger charge is -2.20. The van der Waals surface area contributed by atoms with E-state index in [2.05, 4.69) is 11.9 Å². The molecule has 1 aromatic heterocycles. The first-order valence-corrected chi connectivity index (χ1v) is 4.96. The van der Waals surface area contributed by atoms with Crippen molar-refractivity contribution in [1.29, 1.82) is 0 Å². The number of pyridine rings is 1. The molecule has 0 fully saturated rings. The number of hydrogen-bond donors (Lipinski definition) is 1. The maximum absolute atomic E-state index is 6.01. The molecule has 0 saturated carbocycles. The second-order valence-electron chi connectivity index (χ2n) is 3.37. The molecule has 0 unspecified atom stereocenters. The molecule has 1 aromatic rings. The molecule has 0 saturated heterocycles. The summed E-state index contributed by atoms with van der Waals surface area (Å²) in [5.74, 6) is 0. The number of methoxy groups -OCH3 is 1. The lowest BCUT2D eigenvalue weighted by Crippen LogP contribution is -2.37. The van der Waals surface area contributed by atoms with Crippen molar-refractivity contribution >= 4 is 0 Å². The quantitative estimate of drug-likeness (QED) is 0.770. The maximum atomic E-state index is 6.01. The average Bonchev–Trinajstić information content (AvgIpc) is 2.21. The molecule has 0 radical (unpaired) electrons. The fourth-order valence-corrected chi connectivity index (χ4v) is 1.54. The van der Waals surface area contributed by atoms with E-state index in [1.54, 1.807) is 13.3 Å². The summed E-state index contributed by atoms with van der Waals surface area (Å²) < 4.78 is 5.28. The number of nitrogens with zero attached hydrogens (tertiary/aromatic N) is 1. The lowest BCUT2D eigenvalue weighted by molar-refractivity contribution is 0.0770. The van der Waals surface area contributed by atoms with Gasteiger partial charge < -0.3 is 10.5 Å². The van der Waals surface area contributed by atoms with Gasteiger partial charge in [-0.15, -0.1) is 0 Å². The molecule has 2 N–H and O–H groups in total. The van der Waals surface area contributed by atoms with Crippen LogP contribution in [0.1, 0.15) is 19.0 Å². The predicted molar refractivity (Wildman–Crippen MR) is 57.0 cm³/mol. The van der Waals surface area contributed by atoms with E-state index in [4.69, 9.17) is 10.5 Å².